The van der Waals surface area contributed by atoms with E-state index in [4.69, 9.17) is 5.73 Å². The van der Waals surface area contributed by atoms with Crippen LogP contribution < -0.4 is 5.73 Å². The zero-order valence-corrected chi connectivity index (χ0v) is 12.1. The molecule has 1 fully saturated rings. The van der Waals surface area contributed by atoms with Crippen LogP contribution in [0.3, 0.4) is 0 Å². The molecule has 1 aliphatic rings. The molecule has 1 aromatic rings. The number of hydrogen-bond donors (Lipinski definition) is 1. The lowest BCUT2D eigenvalue weighted by atomic mass is 9.99. The van der Waals surface area contributed by atoms with Crippen molar-refractivity contribution in [3.8, 4) is 0 Å². The molecule has 5 heteroatoms. The third-order valence-corrected chi connectivity index (χ3v) is 6.34. The van der Waals surface area contributed by atoms with E-state index in [0.717, 1.165) is 6.42 Å². The predicted octanol–water partition coefficient (Wildman–Crippen LogP) is 1.54. The molecular weight excluding hydrogens is 260 g/mol. The third-order valence-electron chi connectivity index (χ3n) is 3.92. The first-order valence-electron chi connectivity index (χ1n) is 6.83. The molecule has 2 rings (SSSR count). The summed E-state index contributed by atoms with van der Waals surface area (Å²) in [5.41, 5.74) is 6.80. The molecule has 2 N–H and O–H groups in total. The van der Waals surface area contributed by atoms with E-state index in [1.165, 1.54) is 5.56 Å². The van der Waals surface area contributed by atoms with Gasteiger partial charge in [-0.2, -0.15) is 0 Å². The van der Waals surface area contributed by atoms with Gasteiger partial charge in [0.15, 0.2) is 0 Å². The Morgan fingerprint density at radius 1 is 1.37 bits per heavy atom. The van der Waals surface area contributed by atoms with Gasteiger partial charge in [0.25, 0.3) is 0 Å². The minimum absolute atomic E-state index is 0.200. The van der Waals surface area contributed by atoms with E-state index >= 15 is 0 Å². The minimum atomic E-state index is -3.23. The molecule has 1 aromatic carbocycles. The Hall–Kier alpha value is -0.910. The summed E-state index contributed by atoms with van der Waals surface area (Å²) in [6, 6.07) is 10.1. The van der Waals surface area contributed by atoms with Crippen molar-refractivity contribution in [2.75, 3.05) is 19.6 Å². The summed E-state index contributed by atoms with van der Waals surface area (Å²) in [4.78, 5) is 0. The predicted molar refractivity (Wildman–Crippen MR) is 77.4 cm³/mol. The highest BCUT2D eigenvalue weighted by Crippen LogP contribution is 2.30. The van der Waals surface area contributed by atoms with Crippen LogP contribution in [0, 0.1) is 0 Å². The summed E-state index contributed by atoms with van der Waals surface area (Å²) < 4.78 is 26.5. The number of rotatable bonds is 5. The molecule has 1 aliphatic heterocycles. The molecular formula is C14H22N2O2S. The van der Waals surface area contributed by atoms with E-state index in [9.17, 15) is 8.42 Å². The largest absolute Gasteiger partial charge is 0.329 e. The molecule has 0 bridgehead atoms. The second-order valence-corrected chi connectivity index (χ2v) is 7.28. The molecule has 0 amide bonds. The number of nitrogens with two attached hydrogens (primary N) is 1. The van der Waals surface area contributed by atoms with Crippen LogP contribution in [0.5, 0.6) is 0 Å². The standard InChI is InChI=1S/C14H22N2O2S/c1-2-14(10-15)19(17,18)16-9-8-13(11-16)12-6-4-3-5-7-12/h3-7,13-14H,2,8-11,15H2,1H3. The maximum Gasteiger partial charge on any atom is 0.218 e. The van der Waals surface area contributed by atoms with E-state index in [-0.39, 0.29) is 6.54 Å². The van der Waals surface area contributed by atoms with E-state index < -0.39 is 15.3 Å². The van der Waals surface area contributed by atoms with Gasteiger partial charge in [-0.25, -0.2) is 12.7 Å². The number of benzene rings is 1. The van der Waals surface area contributed by atoms with Gasteiger partial charge in [0.2, 0.25) is 10.0 Å². The molecule has 0 saturated carbocycles. The molecule has 0 radical (unpaired) electrons. The third kappa shape index (κ3) is 2.99. The molecule has 4 nitrogen and oxygen atoms in total. The van der Waals surface area contributed by atoms with Gasteiger partial charge in [0.1, 0.15) is 0 Å². The highest BCUT2D eigenvalue weighted by molar-refractivity contribution is 7.89. The Labute approximate surface area is 115 Å². The Morgan fingerprint density at radius 2 is 2.05 bits per heavy atom. The summed E-state index contributed by atoms with van der Waals surface area (Å²) in [6.07, 6.45) is 1.47. The van der Waals surface area contributed by atoms with Crippen LogP contribution in [0.15, 0.2) is 30.3 Å². The fourth-order valence-corrected chi connectivity index (χ4v) is 4.50. The van der Waals surface area contributed by atoms with Crippen LogP contribution in [-0.2, 0) is 10.0 Å². The van der Waals surface area contributed by atoms with Gasteiger partial charge >= 0.3 is 0 Å². The highest BCUT2D eigenvalue weighted by Gasteiger charge is 2.35. The maximum atomic E-state index is 12.4. The molecule has 0 aromatic heterocycles. The molecule has 1 saturated heterocycles. The summed E-state index contributed by atoms with van der Waals surface area (Å²) in [5.74, 6) is 0.311. The summed E-state index contributed by atoms with van der Waals surface area (Å²) in [6.45, 7) is 3.27. The molecule has 2 unspecified atom stereocenters. The Balaban J connectivity index is 2.10. The first-order valence-corrected chi connectivity index (χ1v) is 8.33. The SMILES string of the molecule is CCC(CN)S(=O)(=O)N1CCC(c2ccccc2)C1. The summed E-state index contributed by atoms with van der Waals surface area (Å²) in [5, 5.41) is -0.443. The van der Waals surface area contributed by atoms with Crippen molar-refractivity contribution in [1.29, 1.82) is 0 Å². The molecule has 1 heterocycles. The molecule has 0 aliphatic carbocycles. The fraction of sp³-hybridized carbons (Fsp3) is 0.571. The van der Waals surface area contributed by atoms with Crippen LogP contribution in [-0.4, -0.2) is 37.6 Å². The van der Waals surface area contributed by atoms with Crippen molar-refractivity contribution < 1.29 is 8.42 Å². The first kappa shape index (κ1) is 14.5. The number of hydrogen-bond acceptors (Lipinski definition) is 3. The minimum Gasteiger partial charge on any atom is -0.329 e. The van der Waals surface area contributed by atoms with Gasteiger partial charge in [-0.1, -0.05) is 37.3 Å². The van der Waals surface area contributed by atoms with Crippen LogP contribution in [0.25, 0.3) is 0 Å². The summed E-state index contributed by atoms with van der Waals surface area (Å²) in [7, 11) is -3.23. The van der Waals surface area contributed by atoms with Gasteiger partial charge in [0, 0.05) is 19.6 Å². The Morgan fingerprint density at radius 3 is 2.63 bits per heavy atom. The Kier molecular flexibility index (Phi) is 4.60. The van der Waals surface area contributed by atoms with E-state index in [1.807, 2.05) is 25.1 Å². The van der Waals surface area contributed by atoms with Crippen LogP contribution in [0.2, 0.25) is 0 Å². The van der Waals surface area contributed by atoms with Crippen LogP contribution >= 0.6 is 0 Å². The quantitative estimate of drug-likeness (QED) is 0.891. The van der Waals surface area contributed by atoms with Crippen molar-refractivity contribution in [3.63, 3.8) is 0 Å². The number of sulfonamides is 1. The Bertz CT molecular complexity index is 497. The number of nitrogens with zero attached hydrogens (tertiary/aromatic N) is 1. The lowest BCUT2D eigenvalue weighted by Crippen LogP contribution is -2.40. The molecule has 0 spiro atoms. The molecule has 106 valence electrons. The topological polar surface area (TPSA) is 63.4 Å². The van der Waals surface area contributed by atoms with Crippen molar-refractivity contribution >= 4 is 10.0 Å². The second kappa shape index (κ2) is 6.03. The van der Waals surface area contributed by atoms with E-state index in [1.54, 1.807) is 4.31 Å². The lowest BCUT2D eigenvalue weighted by molar-refractivity contribution is 0.459. The highest BCUT2D eigenvalue weighted by atomic mass is 32.2. The van der Waals surface area contributed by atoms with E-state index in [2.05, 4.69) is 12.1 Å². The van der Waals surface area contributed by atoms with Crippen molar-refractivity contribution in [2.24, 2.45) is 5.73 Å². The molecule has 19 heavy (non-hydrogen) atoms. The normalized spacial score (nSPS) is 22.5. The first-order chi connectivity index (χ1) is 9.09. The van der Waals surface area contributed by atoms with Crippen LogP contribution in [0.4, 0.5) is 0 Å². The van der Waals surface area contributed by atoms with Gasteiger partial charge in [-0.15, -0.1) is 0 Å². The van der Waals surface area contributed by atoms with Crippen molar-refractivity contribution in [3.05, 3.63) is 35.9 Å². The average Bonchev–Trinajstić information content (AvgIpc) is 2.91. The summed E-state index contributed by atoms with van der Waals surface area (Å²) >= 11 is 0. The lowest BCUT2D eigenvalue weighted by Gasteiger charge is -2.22. The van der Waals surface area contributed by atoms with E-state index in [0.29, 0.717) is 25.4 Å². The van der Waals surface area contributed by atoms with Gasteiger partial charge < -0.3 is 5.73 Å². The van der Waals surface area contributed by atoms with Gasteiger partial charge in [0.05, 0.1) is 5.25 Å². The second-order valence-electron chi connectivity index (χ2n) is 5.07. The zero-order chi connectivity index (χ0) is 13.9. The average molecular weight is 282 g/mol. The zero-order valence-electron chi connectivity index (χ0n) is 11.3. The fourth-order valence-electron chi connectivity index (χ4n) is 2.67. The van der Waals surface area contributed by atoms with Gasteiger partial charge in [-0.05, 0) is 24.3 Å². The maximum absolute atomic E-state index is 12.4. The van der Waals surface area contributed by atoms with Crippen molar-refractivity contribution in [2.45, 2.75) is 30.9 Å². The van der Waals surface area contributed by atoms with Crippen LogP contribution in [0.1, 0.15) is 31.2 Å². The smallest absolute Gasteiger partial charge is 0.218 e. The molecule has 2 atom stereocenters. The van der Waals surface area contributed by atoms with Crippen molar-refractivity contribution in [1.82, 2.24) is 4.31 Å². The monoisotopic (exact) mass is 282 g/mol. The van der Waals surface area contributed by atoms with Gasteiger partial charge in [-0.3, -0.25) is 0 Å².